The molecule has 1 aliphatic rings. The molecule has 0 atom stereocenters. The van der Waals surface area contributed by atoms with E-state index in [2.05, 4.69) is 10.6 Å². The van der Waals surface area contributed by atoms with Crippen LogP contribution >= 0.6 is 11.3 Å². The van der Waals surface area contributed by atoms with Crippen molar-refractivity contribution in [2.45, 2.75) is 45.3 Å². The van der Waals surface area contributed by atoms with E-state index < -0.39 is 13.0 Å². The molecule has 0 aromatic carbocycles. The predicted molar refractivity (Wildman–Crippen MR) is 79.5 cm³/mol. The highest BCUT2D eigenvalue weighted by Crippen LogP contribution is 2.43. The van der Waals surface area contributed by atoms with E-state index in [1.165, 1.54) is 0 Å². The Hall–Kier alpha value is -1.57. The predicted octanol–water partition coefficient (Wildman–Crippen LogP) is 2.69. The third-order valence-electron chi connectivity index (χ3n) is 2.79. The van der Waals surface area contributed by atoms with Crippen molar-refractivity contribution in [1.82, 2.24) is 5.32 Å². The summed E-state index contributed by atoms with van der Waals surface area (Å²) in [6.07, 6.45) is -0.747. The zero-order chi connectivity index (χ0) is 15.6. The number of thiophene rings is 1. The van der Waals surface area contributed by atoms with Gasteiger partial charge < -0.3 is 21.1 Å². The lowest BCUT2D eigenvalue weighted by molar-refractivity contribution is 0.0955. The summed E-state index contributed by atoms with van der Waals surface area (Å²) >= 11 is 1.04. The van der Waals surface area contributed by atoms with Gasteiger partial charge in [-0.15, -0.1) is 11.3 Å². The number of nitrogens with one attached hydrogen (secondary N) is 2. The van der Waals surface area contributed by atoms with Crippen molar-refractivity contribution in [2.24, 2.45) is 0 Å². The van der Waals surface area contributed by atoms with Crippen molar-refractivity contribution in [1.29, 1.82) is 0 Å². The number of hydrogen-bond acceptors (Lipinski definition) is 5. The van der Waals surface area contributed by atoms with Crippen LogP contribution in [0.5, 0.6) is 5.75 Å². The fraction of sp³-hybridized carbons (Fsp3) is 0.615. The zero-order valence-electron chi connectivity index (χ0n) is 11.9. The molecule has 4 N–H and O–H groups in total. The smallest absolute Gasteiger partial charge is 0.263 e. The van der Waals surface area contributed by atoms with Crippen molar-refractivity contribution in [3.05, 3.63) is 4.88 Å². The van der Waals surface area contributed by atoms with E-state index in [9.17, 15) is 13.6 Å². The summed E-state index contributed by atoms with van der Waals surface area (Å²) in [4.78, 5) is 12.4. The zero-order valence-corrected chi connectivity index (χ0v) is 12.7. The molecule has 0 saturated heterocycles. The lowest BCUT2D eigenvalue weighted by Gasteiger charge is -2.12. The van der Waals surface area contributed by atoms with Crippen LogP contribution in [0.1, 0.15) is 36.4 Å². The number of nitrogens with two attached hydrogens (primary N) is 1. The van der Waals surface area contributed by atoms with Gasteiger partial charge in [0.2, 0.25) is 0 Å². The van der Waals surface area contributed by atoms with E-state index in [4.69, 9.17) is 10.5 Å². The Labute approximate surface area is 125 Å². The maximum atomic E-state index is 12.4. The van der Waals surface area contributed by atoms with Crippen LogP contribution in [-0.4, -0.2) is 31.0 Å². The van der Waals surface area contributed by atoms with Crippen LogP contribution in [0.15, 0.2) is 0 Å². The normalized spacial score (nSPS) is 14.6. The summed E-state index contributed by atoms with van der Waals surface area (Å²) in [6, 6.07) is 0.200. The first-order valence-corrected chi connectivity index (χ1v) is 7.62. The molecule has 0 spiro atoms. The van der Waals surface area contributed by atoms with Crippen molar-refractivity contribution >= 4 is 27.9 Å². The van der Waals surface area contributed by atoms with Crippen molar-refractivity contribution < 1.29 is 18.3 Å². The molecule has 1 amide bonds. The second-order valence-corrected chi connectivity index (χ2v) is 6.21. The van der Waals surface area contributed by atoms with Crippen molar-refractivity contribution in [3.8, 4) is 5.75 Å². The highest BCUT2D eigenvalue weighted by atomic mass is 32.1. The van der Waals surface area contributed by atoms with Gasteiger partial charge in [-0.1, -0.05) is 0 Å². The standard InChI is InChI=1S/C13H19F2N3O2S/c1-6(2)20-10-9(16)11(12(19)18-7-3-4-7)21-13(10)17-5-8(14)15/h6-8,17H,3-5,16H2,1-2H3,(H,18,19). The molecule has 8 heteroatoms. The number of hydrogen-bond donors (Lipinski definition) is 3. The van der Waals surface area contributed by atoms with Crippen LogP contribution in [0.4, 0.5) is 19.5 Å². The van der Waals surface area contributed by atoms with Gasteiger partial charge in [0.05, 0.1) is 12.6 Å². The molecule has 1 saturated carbocycles. The summed E-state index contributed by atoms with van der Waals surface area (Å²) in [7, 11) is 0. The van der Waals surface area contributed by atoms with Gasteiger partial charge in [-0.05, 0) is 26.7 Å². The molecule has 1 heterocycles. The Morgan fingerprint density at radius 1 is 1.48 bits per heavy atom. The maximum Gasteiger partial charge on any atom is 0.263 e. The molecule has 2 rings (SSSR count). The highest BCUT2D eigenvalue weighted by molar-refractivity contribution is 7.19. The fourth-order valence-corrected chi connectivity index (χ4v) is 2.68. The molecule has 1 aromatic heterocycles. The van der Waals surface area contributed by atoms with Crippen LogP contribution in [-0.2, 0) is 0 Å². The Kier molecular flexibility index (Phi) is 4.87. The molecule has 1 aliphatic carbocycles. The number of nitrogen functional groups attached to an aromatic ring is 1. The minimum atomic E-state index is -2.50. The number of carbonyl (C=O) groups is 1. The molecule has 118 valence electrons. The fourth-order valence-electron chi connectivity index (χ4n) is 1.72. The SMILES string of the molecule is CC(C)Oc1c(NCC(F)F)sc(C(=O)NC2CC2)c1N. The largest absolute Gasteiger partial charge is 0.486 e. The molecule has 0 aliphatic heterocycles. The number of halogens is 2. The second kappa shape index (κ2) is 6.46. The minimum absolute atomic E-state index is 0.173. The first-order chi connectivity index (χ1) is 9.88. The van der Waals surface area contributed by atoms with Gasteiger partial charge >= 0.3 is 0 Å². The summed E-state index contributed by atoms with van der Waals surface area (Å²) in [5.41, 5.74) is 6.15. The Morgan fingerprint density at radius 3 is 2.67 bits per heavy atom. The van der Waals surface area contributed by atoms with Crippen molar-refractivity contribution in [3.63, 3.8) is 0 Å². The van der Waals surface area contributed by atoms with E-state index in [1.54, 1.807) is 13.8 Å². The Morgan fingerprint density at radius 2 is 2.14 bits per heavy atom. The third kappa shape index (κ3) is 4.20. The molecular formula is C13H19F2N3O2S. The van der Waals surface area contributed by atoms with Gasteiger partial charge in [0.25, 0.3) is 12.3 Å². The summed E-state index contributed by atoms with van der Waals surface area (Å²) in [5, 5.41) is 5.78. The number of rotatable bonds is 7. The molecule has 0 unspecified atom stereocenters. The maximum absolute atomic E-state index is 12.4. The molecule has 0 bridgehead atoms. The van der Waals surface area contributed by atoms with Crippen LogP contribution in [0.3, 0.4) is 0 Å². The number of alkyl halides is 2. The molecule has 21 heavy (non-hydrogen) atoms. The molecule has 5 nitrogen and oxygen atoms in total. The van der Waals surface area contributed by atoms with E-state index in [1.807, 2.05) is 0 Å². The molecular weight excluding hydrogens is 300 g/mol. The lowest BCUT2D eigenvalue weighted by atomic mass is 10.3. The lowest BCUT2D eigenvalue weighted by Crippen LogP contribution is -2.25. The van der Waals surface area contributed by atoms with Gasteiger partial charge in [0.1, 0.15) is 15.6 Å². The average Bonchev–Trinajstić information content (AvgIpc) is 3.14. The first-order valence-electron chi connectivity index (χ1n) is 6.80. The van der Waals surface area contributed by atoms with Gasteiger partial charge in [-0.25, -0.2) is 8.78 Å². The quantitative estimate of drug-likeness (QED) is 0.722. The summed E-state index contributed by atoms with van der Waals surface area (Å²) in [6.45, 7) is 3.09. The van der Waals surface area contributed by atoms with Crippen molar-refractivity contribution in [2.75, 3.05) is 17.6 Å². The van der Waals surface area contributed by atoms with E-state index in [0.717, 1.165) is 24.2 Å². The number of amides is 1. The van der Waals surface area contributed by atoms with Crippen LogP contribution < -0.4 is 21.1 Å². The van der Waals surface area contributed by atoms with Gasteiger partial charge in [-0.2, -0.15) is 0 Å². The topological polar surface area (TPSA) is 76.4 Å². The van der Waals surface area contributed by atoms with Crippen LogP contribution in [0.2, 0.25) is 0 Å². The number of ether oxygens (including phenoxy) is 1. The van der Waals surface area contributed by atoms with Crippen LogP contribution in [0.25, 0.3) is 0 Å². The molecule has 0 radical (unpaired) electrons. The highest BCUT2D eigenvalue weighted by Gasteiger charge is 2.28. The summed E-state index contributed by atoms with van der Waals surface area (Å²) < 4.78 is 30.3. The van der Waals surface area contributed by atoms with E-state index in [0.29, 0.717) is 9.88 Å². The van der Waals surface area contributed by atoms with Gasteiger partial charge in [0, 0.05) is 6.04 Å². The Bertz CT molecular complexity index is 516. The number of carbonyl (C=O) groups excluding carboxylic acids is 1. The monoisotopic (exact) mass is 319 g/mol. The third-order valence-corrected chi connectivity index (χ3v) is 3.93. The van der Waals surface area contributed by atoms with Gasteiger partial charge in [0.15, 0.2) is 5.75 Å². The summed E-state index contributed by atoms with van der Waals surface area (Å²) in [5.74, 6) is -0.00435. The minimum Gasteiger partial charge on any atom is -0.486 e. The molecule has 1 fully saturated rings. The first kappa shape index (κ1) is 15.8. The Balaban J connectivity index is 2.21. The van der Waals surface area contributed by atoms with E-state index >= 15 is 0 Å². The average molecular weight is 319 g/mol. The molecule has 1 aromatic rings. The van der Waals surface area contributed by atoms with E-state index in [-0.39, 0.29) is 29.5 Å². The van der Waals surface area contributed by atoms with Crippen LogP contribution in [0, 0.1) is 0 Å². The number of anilines is 2. The second-order valence-electron chi connectivity index (χ2n) is 5.19. The van der Waals surface area contributed by atoms with Gasteiger partial charge in [-0.3, -0.25) is 4.79 Å².